The molecular weight excluding hydrogens is 440 g/mol. The number of nitrogens with zero attached hydrogens (tertiary/aromatic N) is 1. The summed E-state index contributed by atoms with van der Waals surface area (Å²) in [5, 5.41) is 5.28. The fraction of sp³-hybridized carbons (Fsp3) is 0.103. The Morgan fingerprint density at radius 1 is 0.743 bits per heavy atom. The SMILES string of the molecule is COc1ccc(CN2C(=O)C(Nc3cccc4ccccc34)=C(c3ccccc3OC)C2=O)cc1. The average Bonchev–Trinajstić information content (AvgIpc) is 3.13. The molecule has 0 saturated heterocycles. The van der Waals surface area contributed by atoms with E-state index in [9.17, 15) is 9.59 Å². The smallest absolute Gasteiger partial charge is 0.278 e. The lowest BCUT2D eigenvalue weighted by atomic mass is 10.0. The lowest BCUT2D eigenvalue weighted by molar-refractivity contribution is -0.137. The van der Waals surface area contributed by atoms with Crippen LogP contribution in [0.2, 0.25) is 0 Å². The van der Waals surface area contributed by atoms with E-state index in [-0.39, 0.29) is 29.6 Å². The highest BCUT2D eigenvalue weighted by atomic mass is 16.5. The Balaban J connectivity index is 1.59. The Labute approximate surface area is 203 Å². The van der Waals surface area contributed by atoms with Crippen molar-refractivity contribution in [1.29, 1.82) is 0 Å². The number of hydrogen-bond donors (Lipinski definition) is 1. The van der Waals surface area contributed by atoms with E-state index in [0.29, 0.717) is 17.1 Å². The van der Waals surface area contributed by atoms with Crippen LogP contribution in [0.15, 0.2) is 96.7 Å². The van der Waals surface area contributed by atoms with Gasteiger partial charge in [-0.05, 0) is 35.2 Å². The molecule has 0 unspecified atom stereocenters. The number of anilines is 1. The van der Waals surface area contributed by atoms with Crippen molar-refractivity contribution < 1.29 is 19.1 Å². The topological polar surface area (TPSA) is 67.9 Å². The first-order valence-electron chi connectivity index (χ1n) is 11.2. The van der Waals surface area contributed by atoms with Crippen molar-refractivity contribution in [2.75, 3.05) is 19.5 Å². The molecule has 5 rings (SSSR count). The molecule has 2 amide bonds. The fourth-order valence-corrected chi connectivity index (χ4v) is 4.32. The van der Waals surface area contributed by atoms with Gasteiger partial charge in [-0.1, -0.05) is 66.7 Å². The van der Waals surface area contributed by atoms with Crippen molar-refractivity contribution in [2.24, 2.45) is 0 Å². The van der Waals surface area contributed by atoms with Gasteiger partial charge < -0.3 is 14.8 Å². The molecule has 0 aliphatic carbocycles. The van der Waals surface area contributed by atoms with Gasteiger partial charge in [-0.3, -0.25) is 14.5 Å². The molecule has 0 saturated carbocycles. The minimum Gasteiger partial charge on any atom is -0.497 e. The van der Waals surface area contributed by atoms with Gasteiger partial charge >= 0.3 is 0 Å². The number of benzene rings is 4. The highest BCUT2D eigenvalue weighted by Gasteiger charge is 2.40. The van der Waals surface area contributed by atoms with Gasteiger partial charge in [0.2, 0.25) is 0 Å². The predicted octanol–water partition coefficient (Wildman–Crippen LogP) is 5.25. The number of rotatable bonds is 7. The lowest BCUT2D eigenvalue weighted by Crippen LogP contribution is -2.32. The van der Waals surface area contributed by atoms with Crippen molar-refractivity contribution in [2.45, 2.75) is 6.54 Å². The number of hydrogen-bond acceptors (Lipinski definition) is 5. The minimum atomic E-state index is -0.389. The zero-order valence-corrected chi connectivity index (χ0v) is 19.4. The molecule has 0 radical (unpaired) electrons. The first-order valence-corrected chi connectivity index (χ1v) is 11.2. The van der Waals surface area contributed by atoms with Gasteiger partial charge in [0, 0.05) is 16.6 Å². The lowest BCUT2D eigenvalue weighted by Gasteiger charge is -2.16. The predicted molar refractivity (Wildman–Crippen MR) is 136 cm³/mol. The van der Waals surface area contributed by atoms with Crippen molar-refractivity contribution in [3.63, 3.8) is 0 Å². The standard InChI is InChI=1S/C29H24N2O4/c1-34-21-16-14-19(15-17-21)18-31-28(32)26(23-11-5-6-13-25(23)35-2)27(29(31)33)30-24-12-7-9-20-8-3-4-10-22(20)24/h3-17,30H,18H2,1-2H3. The molecular formula is C29H24N2O4. The Kier molecular flexibility index (Phi) is 5.94. The zero-order chi connectivity index (χ0) is 24.4. The number of amides is 2. The molecule has 1 aliphatic rings. The third-order valence-corrected chi connectivity index (χ3v) is 6.09. The maximum Gasteiger partial charge on any atom is 0.278 e. The van der Waals surface area contributed by atoms with Crippen LogP contribution in [0.25, 0.3) is 16.3 Å². The van der Waals surface area contributed by atoms with E-state index in [0.717, 1.165) is 22.0 Å². The van der Waals surface area contributed by atoms with Crippen LogP contribution in [-0.4, -0.2) is 30.9 Å². The summed E-state index contributed by atoms with van der Waals surface area (Å²) in [5.74, 6) is 0.462. The van der Waals surface area contributed by atoms with E-state index in [4.69, 9.17) is 9.47 Å². The summed E-state index contributed by atoms with van der Waals surface area (Å²) in [6, 6.07) is 28.3. The second-order valence-corrected chi connectivity index (χ2v) is 8.15. The molecule has 1 N–H and O–H groups in total. The number of nitrogens with one attached hydrogen (secondary N) is 1. The maximum absolute atomic E-state index is 13.7. The van der Waals surface area contributed by atoms with E-state index in [1.165, 1.54) is 4.90 Å². The van der Waals surface area contributed by atoms with Gasteiger partial charge in [0.25, 0.3) is 11.8 Å². The van der Waals surface area contributed by atoms with Crippen molar-refractivity contribution >= 4 is 33.8 Å². The Bertz CT molecular complexity index is 1450. The summed E-state index contributed by atoms with van der Waals surface area (Å²) < 4.78 is 10.8. The molecule has 6 nitrogen and oxygen atoms in total. The minimum absolute atomic E-state index is 0.140. The van der Waals surface area contributed by atoms with Crippen LogP contribution in [-0.2, 0) is 16.1 Å². The van der Waals surface area contributed by atoms with Gasteiger partial charge in [0.05, 0.1) is 26.3 Å². The first kappa shape index (κ1) is 22.2. The highest BCUT2D eigenvalue weighted by molar-refractivity contribution is 6.37. The number of imide groups is 1. The monoisotopic (exact) mass is 464 g/mol. The molecule has 0 bridgehead atoms. The zero-order valence-electron chi connectivity index (χ0n) is 19.4. The van der Waals surface area contributed by atoms with E-state index in [1.54, 1.807) is 26.4 Å². The van der Waals surface area contributed by atoms with Crippen LogP contribution in [0.5, 0.6) is 11.5 Å². The molecule has 174 valence electrons. The molecule has 4 aromatic carbocycles. The van der Waals surface area contributed by atoms with E-state index in [2.05, 4.69) is 5.32 Å². The molecule has 0 spiro atoms. The highest BCUT2D eigenvalue weighted by Crippen LogP contribution is 2.37. The molecule has 6 heteroatoms. The third-order valence-electron chi connectivity index (χ3n) is 6.09. The van der Waals surface area contributed by atoms with Gasteiger partial charge in [-0.2, -0.15) is 0 Å². The van der Waals surface area contributed by atoms with Gasteiger partial charge in [0.15, 0.2) is 0 Å². The van der Waals surface area contributed by atoms with Crippen molar-refractivity contribution in [3.05, 3.63) is 108 Å². The largest absolute Gasteiger partial charge is 0.497 e. The van der Waals surface area contributed by atoms with Gasteiger partial charge in [0.1, 0.15) is 17.2 Å². The van der Waals surface area contributed by atoms with Gasteiger partial charge in [-0.15, -0.1) is 0 Å². The first-order chi connectivity index (χ1) is 17.1. The number of methoxy groups -OCH3 is 2. The molecule has 35 heavy (non-hydrogen) atoms. The van der Waals surface area contributed by atoms with Crippen LogP contribution in [0, 0.1) is 0 Å². The second kappa shape index (κ2) is 9.35. The summed E-state index contributed by atoms with van der Waals surface area (Å²) in [7, 11) is 3.14. The van der Waals surface area contributed by atoms with Crippen LogP contribution in [0.3, 0.4) is 0 Å². The fourth-order valence-electron chi connectivity index (χ4n) is 4.32. The van der Waals surface area contributed by atoms with Crippen LogP contribution in [0.1, 0.15) is 11.1 Å². The van der Waals surface area contributed by atoms with E-state index < -0.39 is 0 Å². The number of carbonyl (C=O) groups is 2. The molecule has 0 fully saturated rings. The quantitative estimate of drug-likeness (QED) is 0.379. The van der Waals surface area contributed by atoms with Crippen molar-refractivity contribution in [1.82, 2.24) is 4.90 Å². The maximum atomic E-state index is 13.7. The van der Waals surface area contributed by atoms with Crippen LogP contribution < -0.4 is 14.8 Å². The van der Waals surface area contributed by atoms with Crippen LogP contribution in [0.4, 0.5) is 5.69 Å². The molecule has 1 aliphatic heterocycles. The van der Waals surface area contributed by atoms with Crippen molar-refractivity contribution in [3.8, 4) is 11.5 Å². The summed E-state index contributed by atoms with van der Waals surface area (Å²) in [6.45, 7) is 0.140. The average molecular weight is 465 g/mol. The normalized spacial score (nSPS) is 13.5. The summed E-state index contributed by atoms with van der Waals surface area (Å²) >= 11 is 0. The molecule has 4 aromatic rings. The van der Waals surface area contributed by atoms with Gasteiger partial charge in [-0.25, -0.2) is 0 Å². The molecule has 1 heterocycles. The second-order valence-electron chi connectivity index (χ2n) is 8.15. The Morgan fingerprint density at radius 2 is 1.46 bits per heavy atom. The third kappa shape index (κ3) is 4.10. The Morgan fingerprint density at radius 3 is 2.23 bits per heavy atom. The van der Waals surface area contributed by atoms with E-state index in [1.807, 2.05) is 78.9 Å². The number of fused-ring (bicyclic) bond motifs is 1. The summed E-state index contributed by atoms with van der Waals surface area (Å²) in [4.78, 5) is 28.7. The van der Waals surface area contributed by atoms with E-state index >= 15 is 0 Å². The van der Waals surface area contributed by atoms with Crippen LogP contribution >= 0.6 is 0 Å². The number of ether oxygens (including phenoxy) is 2. The Hall–Kier alpha value is -4.58. The molecule has 0 atom stereocenters. The summed E-state index contributed by atoms with van der Waals surface area (Å²) in [6.07, 6.45) is 0. The number of para-hydroxylation sites is 1. The molecule has 0 aromatic heterocycles. The number of carbonyl (C=O) groups excluding carboxylic acids is 2. The summed E-state index contributed by atoms with van der Waals surface area (Å²) in [5.41, 5.74) is 2.64.